The summed E-state index contributed by atoms with van der Waals surface area (Å²) in [5.74, 6) is 1.78. The Morgan fingerprint density at radius 2 is 1.77 bits per heavy atom. The molecule has 0 aliphatic heterocycles. The number of nitrogens with zero attached hydrogens (tertiary/aromatic N) is 3. The number of benzene rings is 2. The van der Waals surface area contributed by atoms with Crippen molar-refractivity contribution >= 4 is 22.8 Å². The zero-order chi connectivity index (χ0) is 14.8. The zero-order valence-electron chi connectivity index (χ0n) is 11.6. The Labute approximate surface area is 130 Å². The fraction of sp³-hybridized carbons (Fsp3) is 0.0625. The maximum absolute atomic E-state index is 5.29. The molecule has 0 aliphatic rings. The highest BCUT2D eigenvalue weighted by molar-refractivity contribution is 7.98. The summed E-state index contributed by atoms with van der Waals surface area (Å²) >= 11 is 1.54. The van der Waals surface area contributed by atoms with Crippen LogP contribution in [0.25, 0.3) is 22.4 Å². The van der Waals surface area contributed by atoms with Crippen LogP contribution in [0.3, 0.4) is 0 Å². The van der Waals surface area contributed by atoms with E-state index < -0.39 is 0 Å². The highest BCUT2D eigenvalue weighted by atomic mass is 32.2. The minimum Gasteiger partial charge on any atom is -0.338 e. The molecule has 0 spiro atoms. The minimum absolute atomic E-state index is 0.583. The van der Waals surface area contributed by atoms with Gasteiger partial charge in [-0.05, 0) is 12.1 Å². The van der Waals surface area contributed by atoms with Crippen LogP contribution in [-0.4, -0.2) is 20.1 Å². The topological polar surface area (TPSA) is 67.6 Å². The second-order valence-corrected chi connectivity index (χ2v) is 5.69. The first-order valence-corrected chi connectivity index (χ1v) is 7.82. The van der Waals surface area contributed by atoms with Gasteiger partial charge in [0.05, 0.1) is 16.8 Å². The van der Waals surface area contributed by atoms with Gasteiger partial charge >= 0.3 is 0 Å². The van der Waals surface area contributed by atoms with Gasteiger partial charge in [0.1, 0.15) is 0 Å². The van der Waals surface area contributed by atoms with Gasteiger partial charge in [-0.2, -0.15) is 4.98 Å². The van der Waals surface area contributed by atoms with E-state index in [2.05, 4.69) is 20.1 Å². The van der Waals surface area contributed by atoms with Crippen LogP contribution in [0.4, 0.5) is 0 Å². The molecule has 2 heterocycles. The number of H-pyrrole nitrogens is 1. The summed E-state index contributed by atoms with van der Waals surface area (Å²) in [6.07, 6.45) is 0. The van der Waals surface area contributed by atoms with E-state index in [4.69, 9.17) is 4.52 Å². The van der Waals surface area contributed by atoms with Gasteiger partial charge in [-0.3, -0.25) is 0 Å². The van der Waals surface area contributed by atoms with E-state index in [1.165, 1.54) is 0 Å². The molecule has 108 valence electrons. The van der Waals surface area contributed by atoms with Crippen molar-refractivity contribution < 1.29 is 4.52 Å². The minimum atomic E-state index is 0.583. The van der Waals surface area contributed by atoms with Crippen LogP contribution in [0.2, 0.25) is 0 Å². The third-order valence-electron chi connectivity index (χ3n) is 3.20. The van der Waals surface area contributed by atoms with Crippen molar-refractivity contribution in [2.75, 3.05) is 0 Å². The van der Waals surface area contributed by atoms with Gasteiger partial charge in [-0.15, -0.1) is 0 Å². The Morgan fingerprint density at radius 1 is 0.955 bits per heavy atom. The molecule has 0 atom stereocenters. The van der Waals surface area contributed by atoms with Gasteiger partial charge in [0.25, 0.3) is 0 Å². The molecule has 1 N–H and O–H groups in total. The fourth-order valence-corrected chi connectivity index (χ4v) is 2.87. The number of hydrogen-bond donors (Lipinski definition) is 1. The molecule has 0 aliphatic carbocycles. The summed E-state index contributed by atoms with van der Waals surface area (Å²) in [5.41, 5.74) is 2.94. The molecule has 4 aromatic rings. The van der Waals surface area contributed by atoms with Crippen LogP contribution in [0, 0.1) is 0 Å². The smallest absolute Gasteiger partial charge is 0.237 e. The number of imidazole rings is 1. The molecule has 2 aromatic carbocycles. The standard InChI is InChI=1S/C16H12N4OS/c1-2-6-11(7-3-1)15-19-14(21-20-15)10-22-16-17-12-8-4-5-9-13(12)18-16/h1-9H,10H2,(H,17,18). The van der Waals surface area contributed by atoms with E-state index in [0.717, 1.165) is 21.8 Å². The van der Waals surface area contributed by atoms with Gasteiger partial charge in [-0.1, -0.05) is 59.4 Å². The van der Waals surface area contributed by atoms with E-state index >= 15 is 0 Å². The summed E-state index contributed by atoms with van der Waals surface area (Å²) in [5, 5.41) is 4.86. The Kier molecular flexibility index (Phi) is 3.36. The Hall–Kier alpha value is -2.60. The molecule has 2 aromatic heterocycles. The molecule has 6 heteroatoms. The highest BCUT2D eigenvalue weighted by Crippen LogP contribution is 2.23. The SMILES string of the molecule is c1ccc(-c2noc(CSc3nc4ccccc4[nH]3)n2)cc1. The van der Waals surface area contributed by atoms with E-state index in [1.54, 1.807) is 11.8 Å². The van der Waals surface area contributed by atoms with Crippen LogP contribution in [0.1, 0.15) is 5.89 Å². The monoisotopic (exact) mass is 308 g/mol. The number of thioether (sulfide) groups is 1. The Balaban J connectivity index is 1.49. The van der Waals surface area contributed by atoms with Crippen molar-refractivity contribution in [3.63, 3.8) is 0 Å². The average Bonchev–Trinajstić information content (AvgIpc) is 3.20. The first kappa shape index (κ1) is 13.1. The number of hydrogen-bond acceptors (Lipinski definition) is 5. The summed E-state index contributed by atoms with van der Waals surface area (Å²) < 4.78 is 5.29. The van der Waals surface area contributed by atoms with Gasteiger partial charge in [-0.25, -0.2) is 4.98 Å². The number of rotatable bonds is 4. The molecule has 4 rings (SSSR count). The van der Waals surface area contributed by atoms with Crippen molar-refractivity contribution in [1.82, 2.24) is 20.1 Å². The lowest BCUT2D eigenvalue weighted by Crippen LogP contribution is -1.83. The van der Waals surface area contributed by atoms with Crippen molar-refractivity contribution in [1.29, 1.82) is 0 Å². The molecule has 0 unspecified atom stereocenters. The number of nitrogens with one attached hydrogen (secondary N) is 1. The van der Waals surface area contributed by atoms with Crippen molar-refractivity contribution in [3.05, 3.63) is 60.5 Å². The summed E-state index contributed by atoms with van der Waals surface area (Å²) in [7, 11) is 0. The third kappa shape index (κ3) is 2.60. The molecule has 0 bridgehead atoms. The molecule has 0 saturated carbocycles. The normalized spacial score (nSPS) is 11.1. The van der Waals surface area contributed by atoms with Crippen LogP contribution in [-0.2, 0) is 5.75 Å². The molecule has 22 heavy (non-hydrogen) atoms. The predicted octanol–water partition coefficient (Wildman–Crippen LogP) is 3.91. The molecular weight excluding hydrogens is 296 g/mol. The molecule has 5 nitrogen and oxygen atoms in total. The molecule has 0 fully saturated rings. The van der Waals surface area contributed by atoms with Crippen LogP contribution < -0.4 is 0 Å². The number of aromatic nitrogens is 4. The molecule has 0 saturated heterocycles. The highest BCUT2D eigenvalue weighted by Gasteiger charge is 2.10. The molecular formula is C16H12N4OS. The second-order valence-electron chi connectivity index (χ2n) is 4.73. The van der Waals surface area contributed by atoms with E-state index in [9.17, 15) is 0 Å². The number of fused-ring (bicyclic) bond motifs is 1. The van der Waals surface area contributed by atoms with E-state index in [0.29, 0.717) is 17.5 Å². The molecule has 0 radical (unpaired) electrons. The second kappa shape index (κ2) is 5.65. The van der Waals surface area contributed by atoms with Crippen molar-refractivity contribution in [2.24, 2.45) is 0 Å². The first-order valence-electron chi connectivity index (χ1n) is 6.84. The van der Waals surface area contributed by atoms with E-state index in [1.807, 2.05) is 54.6 Å². The zero-order valence-corrected chi connectivity index (χ0v) is 12.4. The van der Waals surface area contributed by atoms with Gasteiger partial charge in [0, 0.05) is 5.56 Å². The van der Waals surface area contributed by atoms with Crippen molar-refractivity contribution in [2.45, 2.75) is 10.9 Å². The summed E-state index contributed by atoms with van der Waals surface area (Å²) in [6, 6.07) is 17.7. The summed E-state index contributed by atoms with van der Waals surface area (Å²) in [4.78, 5) is 12.2. The lowest BCUT2D eigenvalue weighted by atomic mass is 10.2. The van der Waals surface area contributed by atoms with Crippen LogP contribution in [0.15, 0.2) is 64.3 Å². The van der Waals surface area contributed by atoms with Gasteiger partial charge in [0.2, 0.25) is 11.7 Å². The Morgan fingerprint density at radius 3 is 2.64 bits per heavy atom. The largest absolute Gasteiger partial charge is 0.338 e. The lowest BCUT2D eigenvalue weighted by Gasteiger charge is -1.92. The van der Waals surface area contributed by atoms with Gasteiger partial charge < -0.3 is 9.51 Å². The quantitative estimate of drug-likeness (QED) is 0.579. The Bertz CT molecular complexity index is 868. The lowest BCUT2D eigenvalue weighted by molar-refractivity contribution is 0.391. The van der Waals surface area contributed by atoms with E-state index in [-0.39, 0.29) is 0 Å². The number of para-hydroxylation sites is 2. The fourth-order valence-electron chi connectivity index (χ4n) is 2.15. The summed E-state index contributed by atoms with van der Waals surface area (Å²) in [6.45, 7) is 0. The maximum atomic E-state index is 5.29. The average molecular weight is 308 g/mol. The van der Waals surface area contributed by atoms with Gasteiger partial charge in [0.15, 0.2) is 5.16 Å². The first-order chi connectivity index (χ1) is 10.9. The van der Waals surface area contributed by atoms with Crippen molar-refractivity contribution in [3.8, 4) is 11.4 Å². The van der Waals surface area contributed by atoms with Crippen LogP contribution in [0.5, 0.6) is 0 Å². The van der Waals surface area contributed by atoms with Crippen LogP contribution >= 0.6 is 11.8 Å². The number of aromatic amines is 1. The maximum Gasteiger partial charge on any atom is 0.237 e. The molecule has 0 amide bonds. The predicted molar refractivity (Wildman–Crippen MR) is 85.4 cm³/mol. The third-order valence-corrected chi connectivity index (χ3v) is 4.06.